The van der Waals surface area contributed by atoms with Gasteiger partial charge in [-0.1, -0.05) is 154 Å². The standard InChI is InChI=1S/C24H51Si3/c1-4-7-10-13-16-19-22-25-27(24-21-18-15-12-9-6-3)26-23-20-17-14-11-8-5-2/h4-24H2,1-3H3. The predicted octanol–water partition coefficient (Wildman–Crippen LogP) is 8.80. The molecule has 0 saturated carbocycles. The van der Waals surface area contributed by atoms with Gasteiger partial charge >= 0.3 is 0 Å². The molecular weight excluding hydrogens is 373 g/mol. The van der Waals surface area contributed by atoms with Gasteiger partial charge in [0.15, 0.2) is 0 Å². The molecule has 0 nitrogen and oxygen atoms in total. The highest BCUT2D eigenvalue weighted by Gasteiger charge is 2.12. The minimum Gasteiger partial charge on any atom is -0.0654 e. The summed E-state index contributed by atoms with van der Waals surface area (Å²) < 4.78 is 0. The summed E-state index contributed by atoms with van der Waals surface area (Å²) in [7, 11) is 2.77. The van der Waals surface area contributed by atoms with Crippen LogP contribution in [0.25, 0.3) is 0 Å². The fourth-order valence-electron chi connectivity index (χ4n) is 3.61. The quantitative estimate of drug-likeness (QED) is 0.114. The first-order valence-corrected chi connectivity index (χ1v) is 18.8. The lowest BCUT2D eigenvalue weighted by Crippen LogP contribution is -2.30. The van der Waals surface area contributed by atoms with Crippen LogP contribution in [0.2, 0.25) is 18.1 Å². The van der Waals surface area contributed by atoms with E-state index in [2.05, 4.69) is 20.8 Å². The van der Waals surface area contributed by atoms with Gasteiger partial charge < -0.3 is 0 Å². The number of rotatable bonds is 23. The first-order chi connectivity index (χ1) is 13.3. The molecule has 0 aromatic carbocycles. The van der Waals surface area contributed by atoms with Crippen LogP contribution in [0.5, 0.6) is 0 Å². The minimum absolute atomic E-state index is 0.0242. The van der Waals surface area contributed by atoms with E-state index in [0.717, 1.165) is 0 Å². The Morgan fingerprint density at radius 1 is 0.407 bits per heavy atom. The summed E-state index contributed by atoms with van der Waals surface area (Å²) in [6, 6.07) is 4.82. The van der Waals surface area contributed by atoms with Crippen molar-refractivity contribution in [2.45, 2.75) is 154 Å². The molecule has 0 unspecified atom stereocenters. The van der Waals surface area contributed by atoms with Crippen molar-refractivity contribution in [3.05, 3.63) is 0 Å². The molecule has 0 spiro atoms. The zero-order valence-corrected chi connectivity index (χ0v) is 22.3. The second kappa shape index (κ2) is 24.7. The molecule has 0 N–H and O–H groups in total. The summed E-state index contributed by atoms with van der Waals surface area (Å²) in [5.41, 5.74) is 0. The Balaban J connectivity index is 3.78. The lowest BCUT2D eigenvalue weighted by atomic mass is 10.1. The second-order valence-corrected chi connectivity index (χ2v) is 18.8. The molecule has 3 heteroatoms. The monoisotopic (exact) mass is 423 g/mol. The number of hydrogen-bond acceptors (Lipinski definition) is 0. The van der Waals surface area contributed by atoms with Crippen molar-refractivity contribution in [2.75, 3.05) is 0 Å². The van der Waals surface area contributed by atoms with Gasteiger partial charge in [-0.05, 0) is 0 Å². The molecule has 0 fully saturated rings. The van der Waals surface area contributed by atoms with Gasteiger partial charge in [-0.3, -0.25) is 0 Å². The lowest BCUT2D eigenvalue weighted by Gasteiger charge is -2.14. The molecule has 0 heterocycles. The smallest absolute Gasteiger partial charge is 0.0222 e. The molecule has 159 valence electrons. The molecule has 0 aliphatic rings. The number of unbranched alkanes of at least 4 members (excludes halogenated alkanes) is 15. The maximum absolute atomic E-state index is 2.33. The Hall–Kier alpha value is 0.651. The van der Waals surface area contributed by atoms with E-state index in [0.29, 0.717) is 0 Å². The molecule has 0 amide bonds. The zero-order chi connectivity index (χ0) is 19.8. The first kappa shape index (κ1) is 27.7. The number of hydrogen-bond donors (Lipinski definition) is 0. The van der Waals surface area contributed by atoms with Crippen molar-refractivity contribution < 1.29 is 0 Å². The van der Waals surface area contributed by atoms with Gasteiger partial charge in [0, 0.05) is 25.9 Å². The van der Waals surface area contributed by atoms with Crippen LogP contribution in [-0.4, -0.2) is 25.9 Å². The summed E-state index contributed by atoms with van der Waals surface area (Å²) in [4.78, 5) is 0. The molecule has 0 bridgehead atoms. The molecule has 0 atom stereocenters. The SMILES string of the molecule is CCCCCCCC[Si][Si](CCCCCCCC)[Si]CCCCCCCC. The van der Waals surface area contributed by atoms with E-state index in [-0.39, 0.29) is 7.83 Å². The maximum Gasteiger partial charge on any atom is 0.0222 e. The molecule has 0 rings (SSSR count). The first-order valence-electron chi connectivity index (χ1n) is 12.7. The van der Waals surface area contributed by atoms with Gasteiger partial charge in [-0.25, -0.2) is 0 Å². The van der Waals surface area contributed by atoms with Gasteiger partial charge in [-0.15, -0.1) is 0 Å². The summed E-state index contributed by atoms with van der Waals surface area (Å²) >= 11 is 0. The topological polar surface area (TPSA) is 0 Å². The summed E-state index contributed by atoms with van der Waals surface area (Å²) in [6.07, 6.45) is 26.6. The lowest BCUT2D eigenvalue weighted by molar-refractivity contribution is 0.622. The van der Waals surface area contributed by atoms with Gasteiger partial charge in [-0.2, -0.15) is 0 Å². The van der Waals surface area contributed by atoms with E-state index in [9.17, 15) is 0 Å². The van der Waals surface area contributed by atoms with Crippen LogP contribution >= 0.6 is 0 Å². The van der Waals surface area contributed by atoms with Crippen molar-refractivity contribution in [3.63, 3.8) is 0 Å². The average Bonchev–Trinajstić information content (AvgIpc) is 2.68. The Morgan fingerprint density at radius 2 is 0.741 bits per heavy atom. The maximum atomic E-state index is 2.33. The summed E-state index contributed by atoms with van der Waals surface area (Å²) in [6.45, 7) is 6.97. The Labute approximate surface area is 180 Å². The van der Waals surface area contributed by atoms with E-state index in [1.165, 1.54) is 127 Å². The third-order valence-corrected chi connectivity index (χ3v) is 17.2. The summed E-state index contributed by atoms with van der Waals surface area (Å²) in [5, 5.41) is 0. The van der Waals surface area contributed by atoms with E-state index >= 15 is 0 Å². The van der Waals surface area contributed by atoms with Crippen molar-refractivity contribution in [3.8, 4) is 0 Å². The van der Waals surface area contributed by atoms with Crippen LogP contribution in [0.3, 0.4) is 0 Å². The fraction of sp³-hybridized carbons (Fsp3) is 1.00. The highest BCUT2D eigenvalue weighted by atomic mass is 29.6. The second-order valence-electron chi connectivity index (χ2n) is 8.39. The van der Waals surface area contributed by atoms with Crippen molar-refractivity contribution in [1.82, 2.24) is 0 Å². The molecule has 5 radical (unpaired) electrons. The van der Waals surface area contributed by atoms with Gasteiger partial charge in [0.1, 0.15) is 0 Å². The van der Waals surface area contributed by atoms with Crippen molar-refractivity contribution in [1.29, 1.82) is 0 Å². The largest absolute Gasteiger partial charge is 0.0654 e. The van der Waals surface area contributed by atoms with Crippen molar-refractivity contribution >= 4 is 25.9 Å². The highest BCUT2D eigenvalue weighted by molar-refractivity contribution is 7.39. The minimum atomic E-state index is 0.0242. The molecule has 27 heavy (non-hydrogen) atoms. The van der Waals surface area contributed by atoms with Crippen LogP contribution in [0, 0.1) is 0 Å². The summed E-state index contributed by atoms with van der Waals surface area (Å²) in [5.74, 6) is 0. The normalized spacial score (nSPS) is 11.6. The predicted molar refractivity (Wildman–Crippen MR) is 132 cm³/mol. The Kier molecular flexibility index (Phi) is 25.3. The fourth-order valence-corrected chi connectivity index (χ4v) is 14.9. The molecule has 0 aliphatic heterocycles. The van der Waals surface area contributed by atoms with E-state index in [1.807, 2.05) is 0 Å². The third kappa shape index (κ3) is 22.8. The van der Waals surface area contributed by atoms with E-state index < -0.39 is 0 Å². The third-order valence-electron chi connectivity index (χ3n) is 5.52. The Bertz CT molecular complexity index is 240. The van der Waals surface area contributed by atoms with Crippen LogP contribution in [0.4, 0.5) is 0 Å². The van der Waals surface area contributed by atoms with Gasteiger partial charge in [0.25, 0.3) is 0 Å². The molecular formula is C24H51Si3. The Morgan fingerprint density at radius 3 is 1.15 bits per heavy atom. The van der Waals surface area contributed by atoms with E-state index in [4.69, 9.17) is 0 Å². The van der Waals surface area contributed by atoms with Crippen LogP contribution in [-0.2, 0) is 0 Å². The molecule has 0 saturated heterocycles. The van der Waals surface area contributed by atoms with E-state index in [1.54, 1.807) is 24.6 Å². The molecule has 0 aliphatic carbocycles. The zero-order valence-electron chi connectivity index (χ0n) is 19.3. The van der Waals surface area contributed by atoms with Crippen LogP contribution < -0.4 is 0 Å². The van der Waals surface area contributed by atoms with Crippen molar-refractivity contribution in [2.24, 2.45) is 0 Å². The van der Waals surface area contributed by atoms with Gasteiger partial charge in [0.2, 0.25) is 0 Å². The average molecular weight is 424 g/mol. The van der Waals surface area contributed by atoms with Gasteiger partial charge in [0.05, 0.1) is 0 Å². The highest BCUT2D eigenvalue weighted by Crippen LogP contribution is 2.13. The van der Waals surface area contributed by atoms with Crippen LogP contribution in [0.15, 0.2) is 0 Å². The van der Waals surface area contributed by atoms with Crippen LogP contribution in [0.1, 0.15) is 136 Å². The molecule has 0 aromatic rings. The molecule has 0 aromatic heterocycles.